The van der Waals surface area contributed by atoms with Crippen LogP contribution in [0.4, 0.5) is 12.9 Å². The molecule has 0 N–H and O–H groups in total. The van der Waals surface area contributed by atoms with Crippen LogP contribution in [0, 0.1) is 11.8 Å². The van der Waals surface area contributed by atoms with Crippen LogP contribution in [0.15, 0.2) is 54.6 Å². The van der Waals surface area contributed by atoms with Gasteiger partial charge in [-0.25, -0.2) is 0 Å². The van der Waals surface area contributed by atoms with Crippen molar-refractivity contribution in [2.45, 2.75) is 0 Å². The Morgan fingerprint density at radius 1 is 0.905 bits per heavy atom. The molecule has 102 valence electrons. The maximum Gasteiger partial charge on any atom is 1.00 e. The molecule has 0 aliphatic carbocycles. The van der Waals surface area contributed by atoms with Crippen LogP contribution in [0.2, 0.25) is 0 Å². The van der Waals surface area contributed by atoms with Gasteiger partial charge in [0.15, 0.2) is 0 Å². The first kappa shape index (κ1) is 18.3. The smallest absolute Gasteiger partial charge is 0.484 e. The summed E-state index contributed by atoms with van der Waals surface area (Å²) >= 11 is 0. The van der Waals surface area contributed by atoms with Crippen LogP contribution in [0.3, 0.4) is 0 Å². The molecule has 0 unspecified atom stereocenters. The number of para-hydroxylation sites is 1. The Bertz CT molecular complexity index is 633. The molecule has 0 aliphatic rings. The van der Waals surface area contributed by atoms with Crippen LogP contribution in [0.25, 0.3) is 0 Å². The average Bonchev–Trinajstić information content (AvgIpc) is 2.44. The third-order valence-electron chi connectivity index (χ3n) is 2.58. The van der Waals surface area contributed by atoms with E-state index in [0.717, 1.165) is 11.6 Å². The Morgan fingerprint density at radius 3 is 2.19 bits per heavy atom. The van der Waals surface area contributed by atoms with Gasteiger partial charge in [-0.05, 0) is 18.2 Å². The molecule has 6 heteroatoms. The standard InChI is InChI=1S/C15H11BF3O.K/c17-16(18,19)14-10-4-5-11-15(14)20-12-6-9-13-7-2-1-3-8-13;/h1-5,7-8,10-11H,12H2;/q-1;+1. The van der Waals surface area contributed by atoms with E-state index in [4.69, 9.17) is 4.74 Å². The van der Waals surface area contributed by atoms with E-state index in [1.165, 1.54) is 18.2 Å². The molecule has 1 nitrogen and oxygen atoms in total. The third kappa shape index (κ3) is 5.89. The normalized spacial score (nSPS) is 10.0. The summed E-state index contributed by atoms with van der Waals surface area (Å²) in [6.45, 7) is -5.16. The van der Waals surface area contributed by atoms with Crippen LogP contribution >= 0.6 is 0 Å². The minimum Gasteiger partial charge on any atom is -0.484 e. The zero-order chi connectivity index (χ0) is 14.4. The fourth-order valence-electron chi connectivity index (χ4n) is 1.66. The molecule has 21 heavy (non-hydrogen) atoms. The number of hydrogen-bond donors (Lipinski definition) is 0. The molecule has 0 aliphatic heterocycles. The summed E-state index contributed by atoms with van der Waals surface area (Å²) in [6, 6.07) is 14.3. The van der Waals surface area contributed by atoms with Gasteiger partial charge in [-0.1, -0.05) is 53.7 Å². The Balaban J connectivity index is 0.00000220. The minimum atomic E-state index is -5.08. The Hall–Kier alpha value is -0.709. The second-order valence-corrected chi connectivity index (χ2v) is 4.07. The Labute approximate surface area is 164 Å². The largest absolute Gasteiger partial charge is 1.00 e. The predicted octanol–water partition coefficient (Wildman–Crippen LogP) is 0.175. The quantitative estimate of drug-likeness (QED) is 0.580. The van der Waals surface area contributed by atoms with E-state index in [1.54, 1.807) is 0 Å². The fraction of sp³-hybridized carbons (Fsp3) is 0.0667. The minimum absolute atomic E-state index is 0. The van der Waals surface area contributed by atoms with Gasteiger partial charge in [-0.15, -0.1) is 0 Å². The van der Waals surface area contributed by atoms with Crippen molar-refractivity contribution in [3.05, 3.63) is 60.2 Å². The molecule has 0 fully saturated rings. The van der Waals surface area contributed by atoms with Gasteiger partial charge in [0.1, 0.15) is 6.61 Å². The molecule has 0 bridgehead atoms. The summed E-state index contributed by atoms with van der Waals surface area (Å²) in [7, 11) is 0. The van der Waals surface area contributed by atoms with E-state index in [0.29, 0.717) is 0 Å². The number of halogens is 3. The van der Waals surface area contributed by atoms with Gasteiger partial charge in [0, 0.05) is 5.56 Å². The van der Waals surface area contributed by atoms with Gasteiger partial charge in [0.2, 0.25) is 0 Å². The first-order chi connectivity index (χ1) is 9.57. The van der Waals surface area contributed by atoms with Crippen molar-refractivity contribution in [2.24, 2.45) is 0 Å². The van der Waals surface area contributed by atoms with E-state index in [-0.39, 0.29) is 63.7 Å². The molecule has 2 rings (SSSR count). The maximum atomic E-state index is 12.8. The summed E-state index contributed by atoms with van der Waals surface area (Å²) in [5, 5.41) is 0. The monoisotopic (exact) mass is 314 g/mol. The van der Waals surface area contributed by atoms with Crippen molar-refractivity contribution < 1.29 is 69.1 Å². The van der Waals surface area contributed by atoms with Crippen molar-refractivity contribution in [3.8, 4) is 17.6 Å². The van der Waals surface area contributed by atoms with Crippen molar-refractivity contribution in [1.29, 1.82) is 0 Å². The molecule has 0 amide bonds. The Morgan fingerprint density at radius 2 is 1.52 bits per heavy atom. The van der Waals surface area contributed by atoms with Crippen LogP contribution in [0.5, 0.6) is 5.75 Å². The fourth-order valence-corrected chi connectivity index (χ4v) is 1.66. The number of benzene rings is 2. The summed E-state index contributed by atoms with van der Waals surface area (Å²) in [5.41, 5.74) is 0.0680. The van der Waals surface area contributed by atoms with Crippen LogP contribution in [-0.4, -0.2) is 13.6 Å². The number of hydrogen-bond acceptors (Lipinski definition) is 1. The molecular formula is C15H11BF3KO. The van der Waals surface area contributed by atoms with E-state index >= 15 is 0 Å². The first-order valence-corrected chi connectivity index (χ1v) is 6.03. The molecule has 0 saturated carbocycles. The van der Waals surface area contributed by atoms with E-state index in [1.807, 2.05) is 30.3 Å². The first-order valence-electron chi connectivity index (χ1n) is 6.03. The number of ether oxygens (including phenoxy) is 1. The van der Waals surface area contributed by atoms with Crippen molar-refractivity contribution in [1.82, 2.24) is 0 Å². The second kappa shape index (κ2) is 8.67. The third-order valence-corrected chi connectivity index (χ3v) is 2.58. The average molecular weight is 314 g/mol. The van der Waals surface area contributed by atoms with E-state index < -0.39 is 12.4 Å². The predicted molar refractivity (Wildman–Crippen MR) is 74.0 cm³/mol. The second-order valence-electron chi connectivity index (χ2n) is 4.07. The zero-order valence-electron chi connectivity index (χ0n) is 11.5. The van der Waals surface area contributed by atoms with Crippen molar-refractivity contribution in [2.75, 3.05) is 6.61 Å². The van der Waals surface area contributed by atoms with E-state index in [2.05, 4.69) is 11.8 Å². The number of rotatable bonds is 3. The molecule has 2 aromatic rings. The maximum absolute atomic E-state index is 12.8. The molecule has 0 atom stereocenters. The van der Waals surface area contributed by atoms with E-state index in [9.17, 15) is 12.9 Å². The van der Waals surface area contributed by atoms with Gasteiger partial charge in [0.25, 0.3) is 0 Å². The molecule has 2 aromatic carbocycles. The molecule has 0 saturated heterocycles. The zero-order valence-corrected chi connectivity index (χ0v) is 14.6. The van der Waals surface area contributed by atoms with Crippen LogP contribution < -0.4 is 61.6 Å². The molecule has 0 heterocycles. The van der Waals surface area contributed by atoms with Crippen LogP contribution in [-0.2, 0) is 0 Å². The molecule has 0 radical (unpaired) electrons. The molecule has 0 aromatic heterocycles. The SMILES string of the molecule is F[B-](F)(F)c1ccccc1OCC#Cc1ccccc1.[K+]. The molecular weight excluding hydrogens is 303 g/mol. The van der Waals surface area contributed by atoms with Gasteiger partial charge in [0.05, 0.1) is 5.75 Å². The summed E-state index contributed by atoms with van der Waals surface area (Å²) in [6.07, 6.45) is 0. The van der Waals surface area contributed by atoms with Gasteiger partial charge in [-0.2, -0.15) is 0 Å². The van der Waals surface area contributed by atoms with Crippen molar-refractivity contribution >= 4 is 12.4 Å². The van der Waals surface area contributed by atoms with Gasteiger partial charge in [-0.3, -0.25) is 0 Å². The van der Waals surface area contributed by atoms with Gasteiger partial charge < -0.3 is 17.7 Å². The summed E-state index contributed by atoms with van der Waals surface area (Å²) in [5.74, 6) is 5.34. The summed E-state index contributed by atoms with van der Waals surface area (Å²) < 4.78 is 43.4. The molecule has 0 spiro atoms. The topological polar surface area (TPSA) is 9.23 Å². The van der Waals surface area contributed by atoms with Crippen LogP contribution in [0.1, 0.15) is 5.56 Å². The summed E-state index contributed by atoms with van der Waals surface area (Å²) in [4.78, 5) is 0. The Kier molecular flexibility index (Phi) is 7.57. The van der Waals surface area contributed by atoms with Gasteiger partial charge >= 0.3 is 58.4 Å². The van der Waals surface area contributed by atoms with Crippen molar-refractivity contribution in [3.63, 3.8) is 0 Å².